The molecule has 0 radical (unpaired) electrons. The van der Waals surface area contributed by atoms with Crippen molar-refractivity contribution in [1.29, 1.82) is 0 Å². The number of nitrogens with one attached hydrogen (secondary N) is 2. The van der Waals surface area contributed by atoms with Crippen LogP contribution in [0.5, 0.6) is 5.75 Å². The first-order valence-corrected chi connectivity index (χ1v) is 11.7. The molecule has 8 heteroatoms. The summed E-state index contributed by atoms with van der Waals surface area (Å²) in [6.07, 6.45) is 6.57. The third kappa shape index (κ3) is 5.62. The minimum Gasteiger partial charge on any atom is -0.489 e. The van der Waals surface area contributed by atoms with Crippen LogP contribution >= 0.6 is 0 Å². The third-order valence-corrected chi connectivity index (χ3v) is 5.90. The molecule has 4 rings (SSSR count). The first kappa shape index (κ1) is 23.5. The summed E-state index contributed by atoms with van der Waals surface area (Å²) in [6, 6.07) is 12.9. The van der Waals surface area contributed by atoms with Crippen LogP contribution in [0.15, 0.2) is 61.1 Å². The highest BCUT2D eigenvalue weighted by atomic mass is 19.1. The number of benzene rings is 1. The molecule has 2 atom stereocenters. The van der Waals surface area contributed by atoms with Crippen molar-refractivity contribution in [3.63, 3.8) is 0 Å². The maximum atomic E-state index is 14.9. The van der Waals surface area contributed by atoms with Gasteiger partial charge in [0.2, 0.25) is 5.91 Å². The zero-order valence-electron chi connectivity index (χ0n) is 19.5. The molecule has 178 valence electrons. The first-order valence-electron chi connectivity index (χ1n) is 11.7. The minimum atomic E-state index is -0.320. The predicted molar refractivity (Wildman–Crippen MR) is 132 cm³/mol. The molecular formula is C26H30FN5O2. The minimum absolute atomic E-state index is 0.0447. The second kappa shape index (κ2) is 11.0. The Kier molecular flexibility index (Phi) is 7.57. The zero-order valence-corrected chi connectivity index (χ0v) is 19.5. The number of amides is 1. The van der Waals surface area contributed by atoms with Gasteiger partial charge in [0.25, 0.3) is 0 Å². The van der Waals surface area contributed by atoms with Crippen molar-refractivity contribution in [2.75, 3.05) is 35.2 Å². The van der Waals surface area contributed by atoms with E-state index in [9.17, 15) is 9.18 Å². The molecule has 1 aliphatic rings. The Balaban J connectivity index is 1.33. The average molecular weight is 464 g/mol. The van der Waals surface area contributed by atoms with Gasteiger partial charge < -0.3 is 20.3 Å². The summed E-state index contributed by atoms with van der Waals surface area (Å²) in [5.74, 6) is 0.290. The Morgan fingerprint density at radius 3 is 2.79 bits per heavy atom. The quantitative estimate of drug-likeness (QED) is 0.473. The number of hydrogen-bond donors (Lipinski definition) is 2. The fourth-order valence-corrected chi connectivity index (χ4v) is 3.95. The second-order valence-electron chi connectivity index (χ2n) is 8.42. The molecule has 7 nitrogen and oxygen atoms in total. The van der Waals surface area contributed by atoms with Gasteiger partial charge in [-0.1, -0.05) is 19.1 Å². The summed E-state index contributed by atoms with van der Waals surface area (Å²) in [6.45, 7) is 5.88. The normalized spacial score (nSPS) is 16.2. The lowest BCUT2D eigenvalue weighted by Crippen LogP contribution is -2.25. The second-order valence-corrected chi connectivity index (χ2v) is 8.42. The summed E-state index contributed by atoms with van der Waals surface area (Å²) in [5.41, 5.74) is 2.11. The summed E-state index contributed by atoms with van der Waals surface area (Å²) in [5, 5.41) is 5.91. The zero-order chi connectivity index (χ0) is 23.9. The molecule has 0 spiro atoms. The smallest absolute Gasteiger partial charge is 0.231 e. The van der Waals surface area contributed by atoms with Crippen molar-refractivity contribution in [1.82, 2.24) is 9.97 Å². The van der Waals surface area contributed by atoms with Crippen LogP contribution < -0.4 is 20.3 Å². The average Bonchev–Trinajstić information content (AvgIpc) is 3.32. The molecule has 1 aromatic carbocycles. The number of ether oxygens (including phenoxy) is 1. The van der Waals surface area contributed by atoms with E-state index in [1.165, 1.54) is 0 Å². The molecule has 3 aromatic rings. The fraction of sp³-hybridized carbons (Fsp3) is 0.346. The summed E-state index contributed by atoms with van der Waals surface area (Å²) >= 11 is 0. The molecule has 2 aromatic heterocycles. The number of aromatic nitrogens is 2. The van der Waals surface area contributed by atoms with Crippen molar-refractivity contribution in [3.05, 3.63) is 72.4 Å². The molecule has 1 saturated heterocycles. The topological polar surface area (TPSA) is 79.4 Å². The predicted octanol–water partition coefficient (Wildman–Crippen LogP) is 4.84. The monoisotopic (exact) mass is 463 g/mol. The molecule has 0 aliphatic carbocycles. The fourth-order valence-electron chi connectivity index (χ4n) is 3.95. The van der Waals surface area contributed by atoms with Crippen LogP contribution in [-0.4, -0.2) is 41.6 Å². The van der Waals surface area contributed by atoms with Crippen molar-refractivity contribution >= 4 is 23.1 Å². The van der Waals surface area contributed by atoms with Gasteiger partial charge in [-0.15, -0.1) is 0 Å². The number of anilines is 3. The summed E-state index contributed by atoms with van der Waals surface area (Å²) in [4.78, 5) is 22.7. The molecule has 0 bridgehead atoms. The van der Waals surface area contributed by atoms with E-state index in [0.29, 0.717) is 36.8 Å². The van der Waals surface area contributed by atoms with Gasteiger partial charge in [-0.3, -0.25) is 9.78 Å². The van der Waals surface area contributed by atoms with Crippen LogP contribution in [0.2, 0.25) is 0 Å². The first-order chi connectivity index (χ1) is 16.5. The number of carbonyl (C=O) groups excluding carboxylic acids is 1. The number of nitrogens with zero attached hydrogens (tertiary/aromatic N) is 3. The molecule has 0 saturated carbocycles. The van der Waals surface area contributed by atoms with Gasteiger partial charge in [0.05, 0.1) is 30.0 Å². The van der Waals surface area contributed by atoms with Crippen molar-refractivity contribution < 1.29 is 13.9 Å². The van der Waals surface area contributed by atoms with Crippen LogP contribution in [0.4, 0.5) is 21.6 Å². The van der Waals surface area contributed by atoms with Crippen molar-refractivity contribution in [2.45, 2.75) is 38.7 Å². The van der Waals surface area contributed by atoms with Gasteiger partial charge in [0.1, 0.15) is 11.9 Å². The van der Waals surface area contributed by atoms with Gasteiger partial charge in [0, 0.05) is 31.9 Å². The molecule has 1 unspecified atom stereocenters. The van der Waals surface area contributed by atoms with Crippen LogP contribution in [-0.2, 0) is 4.79 Å². The van der Waals surface area contributed by atoms with Gasteiger partial charge in [0.15, 0.2) is 11.6 Å². The number of pyridine rings is 2. The standard InChI is InChI=1S/C26H30FN5O2/c1-3-12-29-25-24(27)23(10-14-30-25)32-15-11-22(17-32)34-21-8-6-19(7-9-21)18(2)26(33)31-20-5-4-13-28-16-20/h4-10,13-14,16,18,22H,3,11-12,15,17H2,1-2H3,(H,29,30)(H,31,33)/t18?,22-/m1/s1. The van der Waals surface area contributed by atoms with Crippen LogP contribution in [0.3, 0.4) is 0 Å². The Morgan fingerprint density at radius 1 is 1.24 bits per heavy atom. The Hall–Kier alpha value is -3.68. The van der Waals surface area contributed by atoms with E-state index < -0.39 is 0 Å². The Labute approximate surface area is 199 Å². The van der Waals surface area contributed by atoms with Crippen molar-refractivity contribution in [3.8, 4) is 5.75 Å². The van der Waals surface area contributed by atoms with Crippen LogP contribution in [0.25, 0.3) is 0 Å². The highest BCUT2D eigenvalue weighted by molar-refractivity contribution is 5.95. The molecule has 1 aliphatic heterocycles. The van der Waals surface area contributed by atoms with Crippen LogP contribution in [0.1, 0.15) is 38.2 Å². The molecule has 1 fully saturated rings. The summed E-state index contributed by atoms with van der Waals surface area (Å²) in [7, 11) is 0. The highest BCUT2D eigenvalue weighted by Crippen LogP contribution is 2.29. The van der Waals surface area contributed by atoms with E-state index in [-0.39, 0.29) is 23.7 Å². The number of halogens is 1. The molecule has 2 N–H and O–H groups in total. The SMILES string of the molecule is CCCNc1nccc(N2CC[C@@H](Oc3ccc(C(C)C(=O)Nc4cccnc4)cc3)C2)c1F. The van der Waals surface area contributed by atoms with E-state index >= 15 is 0 Å². The molecule has 34 heavy (non-hydrogen) atoms. The molecule has 3 heterocycles. The Bertz CT molecular complexity index is 1090. The van der Waals surface area contributed by atoms with Gasteiger partial charge in [-0.2, -0.15) is 0 Å². The molecular weight excluding hydrogens is 433 g/mol. The van der Waals surface area contributed by atoms with E-state index in [1.807, 2.05) is 43.0 Å². The van der Waals surface area contributed by atoms with Gasteiger partial charge in [-0.05, 0) is 49.2 Å². The lowest BCUT2D eigenvalue weighted by Gasteiger charge is -2.21. The molecule has 1 amide bonds. The number of hydrogen-bond acceptors (Lipinski definition) is 6. The lowest BCUT2D eigenvalue weighted by molar-refractivity contribution is -0.117. The van der Waals surface area contributed by atoms with E-state index in [0.717, 1.165) is 24.2 Å². The number of rotatable bonds is 9. The van der Waals surface area contributed by atoms with Crippen molar-refractivity contribution in [2.24, 2.45) is 0 Å². The highest BCUT2D eigenvalue weighted by Gasteiger charge is 2.27. The maximum absolute atomic E-state index is 14.9. The third-order valence-electron chi connectivity index (χ3n) is 5.90. The number of carbonyl (C=O) groups is 1. The van der Waals surface area contributed by atoms with Gasteiger partial charge >= 0.3 is 0 Å². The van der Waals surface area contributed by atoms with Crippen LogP contribution in [0, 0.1) is 5.82 Å². The summed E-state index contributed by atoms with van der Waals surface area (Å²) < 4.78 is 21.0. The van der Waals surface area contributed by atoms with E-state index in [2.05, 4.69) is 20.6 Å². The van der Waals surface area contributed by atoms with E-state index in [1.54, 1.807) is 36.8 Å². The lowest BCUT2D eigenvalue weighted by atomic mass is 10.0. The maximum Gasteiger partial charge on any atom is 0.231 e. The Morgan fingerprint density at radius 2 is 2.06 bits per heavy atom. The largest absolute Gasteiger partial charge is 0.489 e. The van der Waals surface area contributed by atoms with E-state index in [4.69, 9.17) is 4.74 Å². The van der Waals surface area contributed by atoms with Gasteiger partial charge in [-0.25, -0.2) is 9.37 Å².